The predicted molar refractivity (Wildman–Crippen MR) is 16.7 cm³/mol. The standard InChI is InChI=1S/2ClH.La.2Li.2H/h2*1H;;;;;/q;;;2*+1;2*-1. The van der Waals surface area contributed by atoms with Crippen LogP contribution < -0.4 is 37.7 Å². The van der Waals surface area contributed by atoms with E-state index in [4.69, 9.17) is 0 Å². The number of halogens is 2. The molecule has 0 rings (SSSR count). The minimum Gasteiger partial charge on any atom is -1.00 e. The number of rotatable bonds is 0. The van der Waals surface area contributed by atoms with Gasteiger partial charge in [-0.2, -0.15) is 0 Å². The van der Waals surface area contributed by atoms with Crippen LogP contribution in [0.25, 0.3) is 0 Å². The largest absolute Gasteiger partial charge is 1.00 e. The zero-order chi connectivity index (χ0) is 0. The molecule has 0 fully saturated rings. The molecule has 0 N–H and O–H groups in total. The Hall–Kier alpha value is 2.97. The SMILES string of the molecule is Cl.Cl.[H-].[H-].[La].[Li+].[Li+]. The molecular formula is H4Cl2LaLi2. The molecule has 1 radical (unpaired) electrons. The Morgan fingerprint density at radius 3 is 0.800 bits per heavy atom. The molecule has 5 heavy (non-hydrogen) atoms. The van der Waals surface area contributed by atoms with Crippen LogP contribution in [0.5, 0.6) is 0 Å². The smallest absolute Gasteiger partial charge is 1.00 e. The predicted octanol–water partition coefficient (Wildman–Crippen LogP) is -4.92. The minimum atomic E-state index is 0. The van der Waals surface area contributed by atoms with E-state index in [0.29, 0.717) is 0 Å². The van der Waals surface area contributed by atoms with Gasteiger partial charge in [0.25, 0.3) is 0 Å². The Balaban J connectivity index is 0. The van der Waals surface area contributed by atoms with Crippen molar-refractivity contribution in [1.29, 1.82) is 0 Å². The molecule has 0 atom stereocenters. The van der Waals surface area contributed by atoms with Gasteiger partial charge in [-0.05, 0) is 0 Å². The molecule has 0 bridgehead atoms. The van der Waals surface area contributed by atoms with Crippen LogP contribution >= 0.6 is 24.8 Å². The van der Waals surface area contributed by atoms with Crippen LogP contribution in [0, 0.1) is 35.6 Å². The van der Waals surface area contributed by atoms with Crippen molar-refractivity contribution in [3.63, 3.8) is 0 Å². The van der Waals surface area contributed by atoms with Crippen molar-refractivity contribution in [2.75, 3.05) is 0 Å². The van der Waals surface area contributed by atoms with Gasteiger partial charge in [0.2, 0.25) is 0 Å². The third-order valence-corrected chi connectivity index (χ3v) is 0. The maximum absolute atomic E-state index is 0. The van der Waals surface area contributed by atoms with E-state index < -0.39 is 0 Å². The third-order valence-electron chi connectivity index (χ3n) is 0. The summed E-state index contributed by atoms with van der Waals surface area (Å²) in [6.45, 7) is 0. The van der Waals surface area contributed by atoms with Crippen molar-refractivity contribution >= 4 is 24.8 Å². The van der Waals surface area contributed by atoms with Gasteiger partial charge in [0.15, 0.2) is 0 Å². The topological polar surface area (TPSA) is 0 Å². The summed E-state index contributed by atoms with van der Waals surface area (Å²) in [5.74, 6) is 0. The van der Waals surface area contributed by atoms with Gasteiger partial charge in [-0.15, -0.1) is 24.8 Å². The molecule has 0 aliphatic carbocycles. The van der Waals surface area contributed by atoms with E-state index in [1.165, 1.54) is 0 Å². The first-order valence-corrected chi connectivity index (χ1v) is 0. The van der Waals surface area contributed by atoms with Crippen LogP contribution in [-0.4, -0.2) is 0 Å². The van der Waals surface area contributed by atoms with Crippen LogP contribution in [0.2, 0.25) is 0 Å². The first-order valence-electron chi connectivity index (χ1n) is 0. The quantitative estimate of drug-likeness (QED) is 0.364. The zero-order valence-corrected chi connectivity index (χ0v) is 8.65. The van der Waals surface area contributed by atoms with E-state index in [9.17, 15) is 0 Å². The summed E-state index contributed by atoms with van der Waals surface area (Å²) in [4.78, 5) is 0. The molecule has 0 nitrogen and oxygen atoms in total. The molecule has 0 amide bonds. The van der Waals surface area contributed by atoms with Gasteiger partial charge in [-0.3, -0.25) is 0 Å². The summed E-state index contributed by atoms with van der Waals surface area (Å²) < 4.78 is 0. The third kappa shape index (κ3) is 19.5. The molecule has 0 aromatic heterocycles. The van der Waals surface area contributed by atoms with E-state index in [1.54, 1.807) is 0 Å². The second-order valence-corrected chi connectivity index (χ2v) is 0. The van der Waals surface area contributed by atoms with E-state index in [0.717, 1.165) is 0 Å². The summed E-state index contributed by atoms with van der Waals surface area (Å²) in [7, 11) is 0. The first kappa shape index (κ1) is 43.9. The minimum absolute atomic E-state index is 0. The summed E-state index contributed by atoms with van der Waals surface area (Å²) in [5, 5.41) is 0. The van der Waals surface area contributed by atoms with Crippen LogP contribution in [0.3, 0.4) is 0 Å². The van der Waals surface area contributed by atoms with Gasteiger partial charge < -0.3 is 2.85 Å². The Morgan fingerprint density at radius 1 is 0.800 bits per heavy atom. The van der Waals surface area contributed by atoms with Crippen molar-refractivity contribution in [3.05, 3.63) is 0 Å². The van der Waals surface area contributed by atoms with Crippen LogP contribution in [0.15, 0.2) is 0 Å². The summed E-state index contributed by atoms with van der Waals surface area (Å²) >= 11 is 0. The molecule has 0 spiro atoms. The molecule has 0 aromatic rings. The van der Waals surface area contributed by atoms with Crippen molar-refractivity contribution in [2.45, 2.75) is 0 Å². The van der Waals surface area contributed by atoms with Crippen molar-refractivity contribution in [2.24, 2.45) is 0 Å². The molecule has 0 unspecified atom stereocenters. The van der Waals surface area contributed by atoms with Crippen LogP contribution in [-0.2, 0) is 0 Å². The molecule has 0 saturated carbocycles. The van der Waals surface area contributed by atoms with E-state index >= 15 is 0 Å². The molecule has 0 aromatic carbocycles. The maximum Gasteiger partial charge on any atom is 1.00 e. The number of hydrogen-bond donors (Lipinski definition) is 0. The van der Waals surface area contributed by atoms with Crippen molar-refractivity contribution < 1.29 is 76.2 Å². The fourth-order valence-corrected chi connectivity index (χ4v) is 0. The fraction of sp³-hybridized carbons (Fsp3) is 0. The van der Waals surface area contributed by atoms with Gasteiger partial charge in [0.05, 0.1) is 0 Å². The molecule has 0 aliphatic rings. The molecule has 5 heteroatoms. The average molecular weight is 228 g/mol. The van der Waals surface area contributed by atoms with Gasteiger partial charge >= 0.3 is 37.7 Å². The van der Waals surface area contributed by atoms with Crippen LogP contribution in [0.1, 0.15) is 2.85 Å². The summed E-state index contributed by atoms with van der Waals surface area (Å²) in [6, 6.07) is 0. The second-order valence-electron chi connectivity index (χ2n) is 0. The Bertz CT molecular complexity index is 13.7. The van der Waals surface area contributed by atoms with Crippen molar-refractivity contribution in [3.8, 4) is 0 Å². The van der Waals surface area contributed by atoms with E-state index in [-0.39, 0.29) is 101 Å². The molecule has 0 aliphatic heterocycles. The molecule has 23 valence electrons. The fourth-order valence-electron chi connectivity index (χ4n) is 0. The normalized spacial score (nSPS) is 0. The Morgan fingerprint density at radius 2 is 0.800 bits per heavy atom. The monoisotopic (exact) mass is 227 g/mol. The van der Waals surface area contributed by atoms with E-state index in [1.807, 2.05) is 0 Å². The maximum atomic E-state index is 0. The second kappa shape index (κ2) is 28.2. The molecule has 0 saturated heterocycles. The van der Waals surface area contributed by atoms with Gasteiger partial charge in [-0.25, -0.2) is 0 Å². The Labute approximate surface area is 99.3 Å². The molecule has 0 heterocycles. The van der Waals surface area contributed by atoms with Crippen molar-refractivity contribution in [1.82, 2.24) is 0 Å². The molecular weight excluding hydrogens is 224 g/mol. The summed E-state index contributed by atoms with van der Waals surface area (Å²) in [5.41, 5.74) is 0. The van der Waals surface area contributed by atoms with Crippen LogP contribution in [0.4, 0.5) is 0 Å². The first-order chi connectivity index (χ1) is 0. The van der Waals surface area contributed by atoms with E-state index in [2.05, 4.69) is 0 Å². The number of hydrogen-bond acceptors (Lipinski definition) is 0. The zero-order valence-electron chi connectivity index (χ0n) is 5.39. The van der Waals surface area contributed by atoms with Gasteiger partial charge in [-0.1, -0.05) is 0 Å². The van der Waals surface area contributed by atoms with Gasteiger partial charge in [0.1, 0.15) is 0 Å². The average Bonchev–Trinajstić information content (AvgIpc) is 0. The Kier molecular flexibility index (Phi) is 247. The van der Waals surface area contributed by atoms with Gasteiger partial charge in [0, 0.05) is 35.6 Å². The summed E-state index contributed by atoms with van der Waals surface area (Å²) in [6.07, 6.45) is 0.